The molecule has 0 N–H and O–H groups in total. The summed E-state index contributed by atoms with van der Waals surface area (Å²) in [6.07, 6.45) is 3.25. The van der Waals surface area contributed by atoms with Crippen molar-refractivity contribution < 1.29 is 4.92 Å². The fourth-order valence-electron chi connectivity index (χ4n) is 1.35. The molecule has 0 fully saturated rings. The van der Waals surface area contributed by atoms with Gasteiger partial charge in [-0.3, -0.25) is 10.1 Å². The molecule has 0 amide bonds. The van der Waals surface area contributed by atoms with Gasteiger partial charge in [0.25, 0.3) is 5.69 Å². The monoisotopic (exact) mass is 204 g/mol. The van der Waals surface area contributed by atoms with Gasteiger partial charge in [-0.1, -0.05) is 5.21 Å². The van der Waals surface area contributed by atoms with Gasteiger partial charge in [0.1, 0.15) is 0 Å². The standard InChI is InChI=1S/C9H8N4O2/c1-7-6-8(13(14)15)2-3-9(7)12-5-4-10-11-12/h2-6H,1H3. The number of aromatic nitrogens is 3. The zero-order valence-electron chi connectivity index (χ0n) is 7.99. The molecule has 2 aromatic rings. The van der Waals surface area contributed by atoms with E-state index in [-0.39, 0.29) is 5.69 Å². The summed E-state index contributed by atoms with van der Waals surface area (Å²) in [5, 5.41) is 18.0. The molecule has 15 heavy (non-hydrogen) atoms. The first-order chi connectivity index (χ1) is 7.18. The summed E-state index contributed by atoms with van der Waals surface area (Å²) in [7, 11) is 0. The summed E-state index contributed by atoms with van der Waals surface area (Å²) in [6.45, 7) is 1.80. The molecule has 76 valence electrons. The number of nitrogens with zero attached hydrogens (tertiary/aromatic N) is 4. The van der Waals surface area contributed by atoms with Crippen LogP contribution in [0.4, 0.5) is 5.69 Å². The normalized spacial score (nSPS) is 10.2. The first kappa shape index (κ1) is 9.32. The van der Waals surface area contributed by atoms with Crippen LogP contribution in [0.5, 0.6) is 0 Å². The molecule has 1 heterocycles. The molecular weight excluding hydrogens is 196 g/mol. The number of hydrogen-bond donors (Lipinski definition) is 0. The fraction of sp³-hybridized carbons (Fsp3) is 0.111. The van der Waals surface area contributed by atoms with E-state index in [1.807, 2.05) is 0 Å². The fourth-order valence-corrected chi connectivity index (χ4v) is 1.35. The predicted molar refractivity (Wildman–Crippen MR) is 52.8 cm³/mol. The average molecular weight is 204 g/mol. The maximum absolute atomic E-state index is 10.5. The molecule has 2 rings (SSSR count). The Hall–Kier alpha value is -2.24. The van der Waals surface area contributed by atoms with Crippen LogP contribution in [0.3, 0.4) is 0 Å². The van der Waals surface area contributed by atoms with Crippen LogP contribution in [0.15, 0.2) is 30.6 Å². The van der Waals surface area contributed by atoms with Crippen LogP contribution < -0.4 is 0 Å². The lowest BCUT2D eigenvalue weighted by atomic mass is 10.2. The van der Waals surface area contributed by atoms with Crippen molar-refractivity contribution >= 4 is 5.69 Å². The van der Waals surface area contributed by atoms with Crippen LogP contribution in [0.1, 0.15) is 5.56 Å². The number of hydrogen-bond acceptors (Lipinski definition) is 4. The van der Waals surface area contributed by atoms with Crippen molar-refractivity contribution in [3.8, 4) is 5.69 Å². The van der Waals surface area contributed by atoms with Crippen LogP contribution in [0, 0.1) is 17.0 Å². The van der Waals surface area contributed by atoms with Gasteiger partial charge in [-0.15, -0.1) is 5.10 Å². The van der Waals surface area contributed by atoms with E-state index in [4.69, 9.17) is 0 Å². The number of aryl methyl sites for hydroxylation is 1. The van der Waals surface area contributed by atoms with Gasteiger partial charge in [0, 0.05) is 12.1 Å². The molecule has 0 atom stereocenters. The summed E-state index contributed by atoms with van der Waals surface area (Å²) in [5.41, 5.74) is 1.66. The maximum atomic E-state index is 10.5. The Morgan fingerprint density at radius 1 is 1.47 bits per heavy atom. The zero-order chi connectivity index (χ0) is 10.8. The summed E-state index contributed by atoms with van der Waals surface area (Å²) >= 11 is 0. The van der Waals surface area contributed by atoms with Crippen LogP contribution >= 0.6 is 0 Å². The number of non-ortho nitro benzene ring substituents is 1. The molecule has 0 bridgehead atoms. The van der Waals surface area contributed by atoms with E-state index in [1.165, 1.54) is 12.1 Å². The van der Waals surface area contributed by atoms with Crippen molar-refractivity contribution in [1.29, 1.82) is 0 Å². The second-order valence-corrected chi connectivity index (χ2v) is 3.08. The zero-order valence-corrected chi connectivity index (χ0v) is 7.99. The number of nitro benzene ring substituents is 1. The molecule has 0 aliphatic rings. The third kappa shape index (κ3) is 1.69. The molecule has 6 heteroatoms. The molecule has 0 unspecified atom stereocenters. The van der Waals surface area contributed by atoms with E-state index in [9.17, 15) is 10.1 Å². The lowest BCUT2D eigenvalue weighted by Crippen LogP contribution is -1.99. The van der Waals surface area contributed by atoms with Crippen LogP contribution in [-0.4, -0.2) is 19.9 Å². The van der Waals surface area contributed by atoms with E-state index in [0.717, 1.165) is 11.3 Å². The molecule has 1 aromatic carbocycles. The Kier molecular flexibility index (Phi) is 2.17. The van der Waals surface area contributed by atoms with Gasteiger partial charge in [0.05, 0.1) is 23.0 Å². The minimum Gasteiger partial charge on any atom is -0.258 e. The molecule has 0 radical (unpaired) electrons. The molecule has 0 aliphatic heterocycles. The minimum atomic E-state index is -0.419. The molecule has 0 saturated carbocycles. The number of rotatable bonds is 2. The quantitative estimate of drug-likeness (QED) is 0.548. The van der Waals surface area contributed by atoms with Crippen molar-refractivity contribution in [2.75, 3.05) is 0 Å². The largest absolute Gasteiger partial charge is 0.269 e. The average Bonchev–Trinajstić information content (AvgIpc) is 2.70. The van der Waals surface area contributed by atoms with Crippen molar-refractivity contribution in [3.05, 3.63) is 46.3 Å². The highest BCUT2D eigenvalue weighted by atomic mass is 16.6. The van der Waals surface area contributed by atoms with Gasteiger partial charge in [0.2, 0.25) is 0 Å². The Morgan fingerprint density at radius 2 is 2.27 bits per heavy atom. The van der Waals surface area contributed by atoms with Crippen molar-refractivity contribution in [2.45, 2.75) is 6.92 Å². The maximum Gasteiger partial charge on any atom is 0.269 e. The summed E-state index contributed by atoms with van der Waals surface area (Å²) < 4.78 is 1.57. The summed E-state index contributed by atoms with van der Waals surface area (Å²) in [4.78, 5) is 10.1. The lowest BCUT2D eigenvalue weighted by Gasteiger charge is -2.03. The van der Waals surface area contributed by atoms with Crippen LogP contribution in [0.2, 0.25) is 0 Å². The molecule has 1 aromatic heterocycles. The first-order valence-corrected chi connectivity index (χ1v) is 4.30. The van der Waals surface area contributed by atoms with Crippen LogP contribution in [0.25, 0.3) is 5.69 Å². The molecule has 6 nitrogen and oxygen atoms in total. The van der Waals surface area contributed by atoms with Crippen molar-refractivity contribution in [1.82, 2.24) is 15.0 Å². The highest BCUT2D eigenvalue weighted by Crippen LogP contribution is 2.19. The van der Waals surface area contributed by atoms with Gasteiger partial charge < -0.3 is 0 Å². The first-order valence-electron chi connectivity index (χ1n) is 4.30. The third-order valence-corrected chi connectivity index (χ3v) is 2.06. The molecule has 0 saturated heterocycles. The van der Waals surface area contributed by atoms with E-state index >= 15 is 0 Å². The van der Waals surface area contributed by atoms with Crippen molar-refractivity contribution in [3.63, 3.8) is 0 Å². The Morgan fingerprint density at radius 3 is 2.80 bits per heavy atom. The summed E-state index contributed by atoms with van der Waals surface area (Å²) in [5.74, 6) is 0. The Bertz CT molecular complexity index is 493. The Labute approximate surface area is 85.3 Å². The van der Waals surface area contributed by atoms with Gasteiger partial charge in [-0.25, -0.2) is 4.68 Å². The van der Waals surface area contributed by atoms with Gasteiger partial charge in [0.15, 0.2) is 0 Å². The number of benzene rings is 1. The van der Waals surface area contributed by atoms with Crippen molar-refractivity contribution in [2.24, 2.45) is 0 Å². The van der Waals surface area contributed by atoms with Gasteiger partial charge in [-0.05, 0) is 18.6 Å². The molecule has 0 aliphatic carbocycles. The SMILES string of the molecule is Cc1cc([N+](=O)[O-])ccc1-n1ccnn1. The van der Waals surface area contributed by atoms with Gasteiger partial charge >= 0.3 is 0 Å². The second-order valence-electron chi connectivity index (χ2n) is 3.08. The molecular formula is C9H8N4O2. The summed E-state index contributed by atoms with van der Waals surface area (Å²) in [6, 6.07) is 4.61. The smallest absolute Gasteiger partial charge is 0.258 e. The van der Waals surface area contributed by atoms with E-state index in [1.54, 1.807) is 30.1 Å². The van der Waals surface area contributed by atoms with E-state index in [2.05, 4.69) is 10.3 Å². The Balaban J connectivity index is 2.48. The highest BCUT2D eigenvalue weighted by molar-refractivity contribution is 5.46. The number of nitro groups is 1. The van der Waals surface area contributed by atoms with Crippen LogP contribution in [-0.2, 0) is 0 Å². The predicted octanol–water partition coefficient (Wildman–Crippen LogP) is 1.48. The van der Waals surface area contributed by atoms with E-state index < -0.39 is 4.92 Å². The highest BCUT2D eigenvalue weighted by Gasteiger charge is 2.09. The minimum absolute atomic E-state index is 0.0800. The topological polar surface area (TPSA) is 73.8 Å². The van der Waals surface area contributed by atoms with E-state index in [0.29, 0.717) is 0 Å². The second kappa shape index (κ2) is 3.49. The molecule has 0 spiro atoms. The lowest BCUT2D eigenvalue weighted by molar-refractivity contribution is -0.384. The van der Waals surface area contributed by atoms with Gasteiger partial charge in [-0.2, -0.15) is 0 Å². The third-order valence-electron chi connectivity index (χ3n) is 2.06.